The van der Waals surface area contributed by atoms with Crippen molar-refractivity contribution < 1.29 is 9.60 Å². The first-order valence-electron chi connectivity index (χ1n) is 6.29. The number of hydrogen-bond donors (Lipinski definition) is 3. The molecule has 0 atom stereocenters. The number of nitrogens with zero attached hydrogens (tertiary/aromatic N) is 1. The summed E-state index contributed by atoms with van der Waals surface area (Å²) in [5, 5.41) is 14.7. The first-order chi connectivity index (χ1) is 10.0. The van der Waals surface area contributed by atoms with Crippen LogP contribution in [0, 0.1) is 12.7 Å². The predicted octanol–water partition coefficient (Wildman–Crippen LogP) is 3.60. The maximum Gasteiger partial charge on any atom is 0.173 e. The van der Waals surface area contributed by atoms with E-state index in [0.717, 1.165) is 15.7 Å². The van der Waals surface area contributed by atoms with Gasteiger partial charge in [-0.25, -0.2) is 4.39 Å². The fourth-order valence-electron chi connectivity index (χ4n) is 1.96. The van der Waals surface area contributed by atoms with E-state index in [2.05, 4.69) is 26.4 Å². The van der Waals surface area contributed by atoms with Crippen LogP contribution < -0.4 is 11.1 Å². The number of anilines is 1. The Morgan fingerprint density at radius 2 is 2.05 bits per heavy atom. The molecule has 6 heteroatoms. The van der Waals surface area contributed by atoms with Crippen LogP contribution in [0.3, 0.4) is 0 Å². The summed E-state index contributed by atoms with van der Waals surface area (Å²) < 4.78 is 15.3. The molecule has 2 aromatic rings. The van der Waals surface area contributed by atoms with Gasteiger partial charge in [0.05, 0.1) is 5.56 Å². The molecule has 0 aliphatic rings. The summed E-state index contributed by atoms with van der Waals surface area (Å²) in [6.07, 6.45) is 0. The Morgan fingerprint density at radius 1 is 1.33 bits per heavy atom. The highest BCUT2D eigenvalue weighted by atomic mass is 79.9. The molecule has 0 bridgehead atoms. The average Bonchev–Trinajstić information content (AvgIpc) is 2.49. The van der Waals surface area contributed by atoms with Gasteiger partial charge >= 0.3 is 0 Å². The Morgan fingerprint density at radius 3 is 2.76 bits per heavy atom. The van der Waals surface area contributed by atoms with Crippen molar-refractivity contribution in [2.45, 2.75) is 13.5 Å². The van der Waals surface area contributed by atoms with E-state index in [4.69, 9.17) is 10.9 Å². The third-order valence-electron chi connectivity index (χ3n) is 3.20. The first-order valence-corrected chi connectivity index (χ1v) is 7.08. The molecule has 4 nitrogen and oxygen atoms in total. The summed E-state index contributed by atoms with van der Waals surface area (Å²) in [4.78, 5) is 0. The van der Waals surface area contributed by atoms with Gasteiger partial charge in [-0.3, -0.25) is 0 Å². The fraction of sp³-hybridized carbons (Fsp3) is 0.133. The molecule has 110 valence electrons. The lowest BCUT2D eigenvalue weighted by atomic mass is 10.1. The second-order valence-corrected chi connectivity index (χ2v) is 5.38. The van der Waals surface area contributed by atoms with E-state index in [0.29, 0.717) is 12.1 Å². The zero-order chi connectivity index (χ0) is 15.4. The van der Waals surface area contributed by atoms with Gasteiger partial charge in [-0.05, 0) is 30.7 Å². The lowest BCUT2D eigenvalue weighted by molar-refractivity contribution is 0.318. The molecule has 0 heterocycles. The van der Waals surface area contributed by atoms with Crippen LogP contribution >= 0.6 is 15.9 Å². The van der Waals surface area contributed by atoms with Gasteiger partial charge in [-0.15, -0.1) is 0 Å². The summed E-state index contributed by atoms with van der Waals surface area (Å²) >= 11 is 3.45. The third kappa shape index (κ3) is 3.33. The van der Waals surface area contributed by atoms with Crippen molar-refractivity contribution in [3.05, 3.63) is 63.4 Å². The largest absolute Gasteiger partial charge is 0.409 e. The van der Waals surface area contributed by atoms with E-state index in [-0.39, 0.29) is 11.4 Å². The number of halogens is 2. The molecule has 4 N–H and O–H groups in total. The lowest BCUT2D eigenvalue weighted by Crippen LogP contribution is -2.16. The highest BCUT2D eigenvalue weighted by Crippen LogP contribution is 2.24. The van der Waals surface area contributed by atoms with Crippen molar-refractivity contribution in [1.82, 2.24) is 0 Å². The number of amidine groups is 1. The number of nitrogens with one attached hydrogen (secondary N) is 1. The number of oxime groups is 1. The van der Waals surface area contributed by atoms with Crippen LogP contribution in [-0.4, -0.2) is 11.0 Å². The van der Waals surface area contributed by atoms with Crippen LogP contribution in [0.25, 0.3) is 0 Å². The van der Waals surface area contributed by atoms with E-state index in [9.17, 15) is 4.39 Å². The minimum absolute atomic E-state index is 0.0859. The van der Waals surface area contributed by atoms with Crippen LogP contribution in [0.4, 0.5) is 10.1 Å². The van der Waals surface area contributed by atoms with Crippen molar-refractivity contribution in [2.75, 3.05) is 5.32 Å². The van der Waals surface area contributed by atoms with Gasteiger partial charge in [-0.1, -0.05) is 39.3 Å². The number of benzene rings is 2. The van der Waals surface area contributed by atoms with Gasteiger partial charge in [0, 0.05) is 22.3 Å². The molecule has 0 aliphatic carbocycles. The van der Waals surface area contributed by atoms with Gasteiger partial charge < -0.3 is 16.3 Å². The van der Waals surface area contributed by atoms with Gasteiger partial charge in [0.25, 0.3) is 0 Å². The number of nitrogens with two attached hydrogens (primary N) is 1. The molecule has 0 radical (unpaired) electrons. The van der Waals surface area contributed by atoms with Crippen LogP contribution in [0.5, 0.6) is 0 Å². The number of rotatable bonds is 4. The predicted molar refractivity (Wildman–Crippen MR) is 85.1 cm³/mol. The normalized spacial score (nSPS) is 11.5. The molecule has 0 aliphatic heterocycles. The average molecular weight is 352 g/mol. The second-order valence-electron chi connectivity index (χ2n) is 4.53. The van der Waals surface area contributed by atoms with Gasteiger partial charge in [0.2, 0.25) is 0 Å². The molecular weight excluding hydrogens is 337 g/mol. The minimum Gasteiger partial charge on any atom is -0.409 e. The summed E-state index contributed by atoms with van der Waals surface area (Å²) in [7, 11) is 0. The molecule has 2 aromatic carbocycles. The Balaban J connectivity index is 2.23. The third-order valence-corrected chi connectivity index (χ3v) is 4.06. The van der Waals surface area contributed by atoms with Crippen molar-refractivity contribution >= 4 is 27.5 Å². The van der Waals surface area contributed by atoms with Crippen LogP contribution in [0.15, 0.2) is 46.0 Å². The first kappa shape index (κ1) is 15.3. The van der Waals surface area contributed by atoms with Crippen LogP contribution in [0.1, 0.15) is 16.7 Å². The Bertz CT molecular complexity index is 689. The molecule has 2 rings (SSSR count). The Kier molecular flexibility index (Phi) is 4.80. The summed E-state index contributed by atoms with van der Waals surface area (Å²) in [5.74, 6) is -0.735. The van der Waals surface area contributed by atoms with E-state index in [1.54, 1.807) is 12.1 Å². The molecule has 0 unspecified atom stereocenters. The highest BCUT2D eigenvalue weighted by molar-refractivity contribution is 9.10. The number of hydrogen-bond acceptors (Lipinski definition) is 3. The van der Waals surface area contributed by atoms with Crippen molar-refractivity contribution in [3.8, 4) is 0 Å². The Labute approximate surface area is 130 Å². The topological polar surface area (TPSA) is 70.6 Å². The SMILES string of the molecule is Cc1c(Br)cccc1NCc1cccc(/C(N)=N/O)c1F. The molecule has 0 spiro atoms. The Hall–Kier alpha value is -2.08. The lowest BCUT2D eigenvalue weighted by Gasteiger charge is -2.12. The standard InChI is InChI=1S/C15H15BrFN3O/c1-9-12(16)6-3-7-13(9)19-8-10-4-2-5-11(14(10)17)15(18)20-21/h2-7,19,21H,8H2,1H3,(H2,18,20). The summed E-state index contributed by atoms with van der Waals surface area (Å²) in [6, 6.07) is 10.6. The van der Waals surface area contributed by atoms with Crippen LogP contribution in [0.2, 0.25) is 0 Å². The van der Waals surface area contributed by atoms with Gasteiger partial charge in [-0.2, -0.15) is 0 Å². The minimum atomic E-state index is -0.493. The highest BCUT2D eigenvalue weighted by Gasteiger charge is 2.11. The fourth-order valence-corrected chi connectivity index (χ4v) is 2.32. The second kappa shape index (κ2) is 6.58. The van der Waals surface area contributed by atoms with Crippen molar-refractivity contribution in [1.29, 1.82) is 0 Å². The maximum absolute atomic E-state index is 14.3. The molecule has 0 fully saturated rings. The maximum atomic E-state index is 14.3. The smallest absolute Gasteiger partial charge is 0.173 e. The molecule has 21 heavy (non-hydrogen) atoms. The molecular formula is C15H15BrFN3O. The van der Waals surface area contributed by atoms with E-state index >= 15 is 0 Å². The van der Waals surface area contributed by atoms with E-state index < -0.39 is 5.82 Å². The van der Waals surface area contributed by atoms with Gasteiger partial charge in [0.15, 0.2) is 5.84 Å². The summed E-state index contributed by atoms with van der Waals surface area (Å²) in [6.45, 7) is 2.27. The zero-order valence-electron chi connectivity index (χ0n) is 11.4. The monoisotopic (exact) mass is 351 g/mol. The molecule has 0 saturated carbocycles. The quantitative estimate of drug-likeness (QED) is 0.341. The molecule has 0 amide bonds. The van der Waals surface area contributed by atoms with Crippen molar-refractivity contribution in [2.24, 2.45) is 10.9 Å². The van der Waals surface area contributed by atoms with Crippen molar-refractivity contribution in [3.63, 3.8) is 0 Å². The van der Waals surface area contributed by atoms with E-state index in [1.807, 2.05) is 25.1 Å². The van der Waals surface area contributed by atoms with Gasteiger partial charge in [0.1, 0.15) is 5.82 Å². The molecule has 0 aromatic heterocycles. The molecule has 0 saturated heterocycles. The van der Waals surface area contributed by atoms with E-state index in [1.165, 1.54) is 6.07 Å². The summed E-state index contributed by atoms with van der Waals surface area (Å²) in [5.41, 5.74) is 7.94. The van der Waals surface area contributed by atoms with Crippen LogP contribution in [-0.2, 0) is 6.54 Å². The zero-order valence-corrected chi connectivity index (χ0v) is 13.0.